The van der Waals surface area contributed by atoms with E-state index in [0.29, 0.717) is 5.56 Å². The molecule has 4 heteroatoms. The van der Waals surface area contributed by atoms with Crippen molar-refractivity contribution in [2.75, 3.05) is 12.4 Å². The normalized spacial score (nSPS) is 11.3. The van der Waals surface area contributed by atoms with Crippen LogP contribution in [-0.2, 0) is 0 Å². The van der Waals surface area contributed by atoms with Crippen molar-refractivity contribution in [2.45, 2.75) is 26.3 Å². The summed E-state index contributed by atoms with van der Waals surface area (Å²) in [4.78, 5) is 18.1. The zero-order valence-electron chi connectivity index (χ0n) is 10.1. The average molecular weight is 285 g/mol. The van der Waals surface area contributed by atoms with Crippen LogP contribution in [-0.4, -0.2) is 33.7 Å². The fraction of sp³-hybridized carbons (Fsp3) is 0.500. The minimum atomic E-state index is -0.209. The molecule has 1 rings (SSSR count). The van der Waals surface area contributed by atoms with E-state index in [4.69, 9.17) is 0 Å². The van der Waals surface area contributed by atoms with Crippen LogP contribution < -0.4 is 0 Å². The number of alkyl halides is 1. The Labute approximate surface area is 105 Å². The van der Waals surface area contributed by atoms with Crippen LogP contribution in [0.5, 0.6) is 0 Å². The second kappa shape index (κ2) is 4.95. The Morgan fingerprint density at radius 2 is 2.19 bits per heavy atom. The predicted molar refractivity (Wildman–Crippen MR) is 68.9 cm³/mol. The van der Waals surface area contributed by atoms with Crippen LogP contribution in [0.1, 0.15) is 29.9 Å². The lowest BCUT2D eigenvalue weighted by atomic mass is 10.0. The Hall–Kier alpha value is -0.900. The molecule has 1 aromatic rings. The number of rotatable bonds is 3. The molecule has 16 heavy (non-hydrogen) atoms. The van der Waals surface area contributed by atoms with Crippen LogP contribution in [0.2, 0.25) is 0 Å². The van der Waals surface area contributed by atoms with Crippen LogP contribution in [0.3, 0.4) is 0 Å². The zero-order valence-corrected chi connectivity index (χ0v) is 11.7. The standard InChI is InChI=1S/C12H17BrN2O/c1-9-10(6-5-7-14-9)11(16)15(4)12(2,3)8-13/h5-7H,8H2,1-4H3. The Balaban J connectivity index is 3.00. The molecule has 0 atom stereocenters. The molecule has 0 aliphatic rings. The first-order chi connectivity index (χ1) is 7.40. The predicted octanol–water partition coefficient (Wildman–Crippen LogP) is 2.64. The molecule has 0 bridgehead atoms. The monoisotopic (exact) mass is 284 g/mol. The highest BCUT2D eigenvalue weighted by Crippen LogP contribution is 2.19. The van der Waals surface area contributed by atoms with Gasteiger partial charge in [-0.05, 0) is 32.9 Å². The van der Waals surface area contributed by atoms with Gasteiger partial charge in [0.2, 0.25) is 0 Å². The second-order valence-electron chi connectivity index (χ2n) is 4.45. The first-order valence-corrected chi connectivity index (χ1v) is 6.28. The first kappa shape index (κ1) is 13.2. The van der Waals surface area contributed by atoms with E-state index in [9.17, 15) is 4.79 Å². The second-order valence-corrected chi connectivity index (χ2v) is 5.01. The van der Waals surface area contributed by atoms with E-state index in [1.165, 1.54) is 0 Å². The highest BCUT2D eigenvalue weighted by Gasteiger charge is 2.27. The number of carbonyl (C=O) groups is 1. The van der Waals surface area contributed by atoms with Crippen LogP contribution in [0.4, 0.5) is 0 Å². The summed E-state index contributed by atoms with van der Waals surface area (Å²) < 4.78 is 0. The van der Waals surface area contributed by atoms with Gasteiger partial charge in [0.25, 0.3) is 5.91 Å². The van der Waals surface area contributed by atoms with Crippen LogP contribution in [0.15, 0.2) is 18.3 Å². The van der Waals surface area contributed by atoms with E-state index >= 15 is 0 Å². The van der Waals surface area contributed by atoms with E-state index in [1.54, 1.807) is 17.2 Å². The minimum absolute atomic E-state index is 0.00931. The molecule has 0 saturated heterocycles. The third kappa shape index (κ3) is 2.61. The molecule has 1 aromatic heterocycles. The third-order valence-electron chi connectivity index (χ3n) is 2.78. The molecule has 0 aliphatic heterocycles. The number of aromatic nitrogens is 1. The molecule has 0 aromatic carbocycles. The van der Waals surface area contributed by atoms with E-state index < -0.39 is 0 Å². The molecule has 0 spiro atoms. The molecule has 0 fully saturated rings. The van der Waals surface area contributed by atoms with Crippen molar-refractivity contribution in [3.63, 3.8) is 0 Å². The lowest BCUT2D eigenvalue weighted by Crippen LogP contribution is -2.46. The maximum Gasteiger partial charge on any atom is 0.255 e. The van der Waals surface area contributed by atoms with E-state index in [2.05, 4.69) is 20.9 Å². The summed E-state index contributed by atoms with van der Waals surface area (Å²) in [7, 11) is 1.82. The molecule has 0 unspecified atom stereocenters. The van der Waals surface area contributed by atoms with Gasteiger partial charge in [0.15, 0.2) is 0 Å². The van der Waals surface area contributed by atoms with Gasteiger partial charge in [-0.3, -0.25) is 9.78 Å². The number of nitrogens with zero attached hydrogens (tertiary/aromatic N) is 2. The van der Waals surface area contributed by atoms with Gasteiger partial charge in [-0.25, -0.2) is 0 Å². The first-order valence-electron chi connectivity index (χ1n) is 5.16. The number of aryl methyl sites for hydroxylation is 1. The summed E-state index contributed by atoms with van der Waals surface area (Å²) in [6, 6.07) is 3.60. The Morgan fingerprint density at radius 1 is 1.56 bits per heavy atom. The fourth-order valence-electron chi connectivity index (χ4n) is 1.26. The minimum Gasteiger partial charge on any atom is -0.336 e. The molecule has 3 nitrogen and oxygen atoms in total. The molecular weight excluding hydrogens is 268 g/mol. The van der Waals surface area contributed by atoms with Crippen LogP contribution >= 0.6 is 15.9 Å². The summed E-state index contributed by atoms with van der Waals surface area (Å²) in [6.45, 7) is 5.89. The molecule has 0 saturated carbocycles. The SMILES string of the molecule is Cc1ncccc1C(=O)N(C)C(C)(C)CBr. The summed E-state index contributed by atoms with van der Waals surface area (Å²) >= 11 is 3.42. The lowest BCUT2D eigenvalue weighted by Gasteiger charge is -2.34. The molecule has 0 radical (unpaired) electrons. The van der Waals surface area contributed by atoms with Gasteiger partial charge in [-0.1, -0.05) is 15.9 Å². The van der Waals surface area contributed by atoms with Crippen molar-refractivity contribution < 1.29 is 4.79 Å². The molecule has 88 valence electrons. The highest BCUT2D eigenvalue weighted by molar-refractivity contribution is 9.09. The third-order valence-corrected chi connectivity index (χ3v) is 4.15. The topological polar surface area (TPSA) is 33.2 Å². The quantitative estimate of drug-likeness (QED) is 0.800. The number of carbonyl (C=O) groups excluding carboxylic acids is 1. The number of amides is 1. The lowest BCUT2D eigenvalue weighted by molar-refractivity contribution is 0.0662. The Morgan fingerprint density at radius 3 is 2.69 bits per heavy atom. The average Bonchev–Trinajstić information content (AvgIpc) is 2.27. The maximum atomic E-state index is 12.2. The van der Waals surface area contributed by atoms with Gasteiger partial charge in [-0.2, -0.15) is 0 Å². The maximum absolute atomic E-state index is 12.2. The number of halogens is 1. The summed E-state index contributed by atoms with van der Waals surface area (Å²) in [5, 5.41) is 0.738. The van der Waals surface area contributed by atoms with Crippen molar-refractivity contribution in [3.05, 3.63) is 29.6 Å². The smallest absolute Gasteiger partial charge is 0.255 e. The molecule has 0 aliphatic carbocycles. The Kier molecular flexibility index (Phi) is 4.08. The van der Waals surface area contributed by atoms with Gasteiger partial charge in [0.05, 0.1) is 5.56 Å². The zero-order chi connectivity index (χ0) is 12.3. The van der Waals surface area contributed by atoms with Crippen molar-refractivity contribution in [1.82, 2.24) is 9.88 Å². The number of hydrogen-bond donors (Lipinski definition) is 0. The van der Waals surface area contributed by atoms with Crippen molar-refractivity contribution in [1.29, 1.82) is 0 Å². The number of pyridine rings is 1. The Bertz CT molecular complexity index is 390. The van der Waals surface area contributed by atoms with E-state index in [1.807, 2.05) is 33.9 Å². The highest BCUT2D eigenvalue weighted by atomic mass is 79.9. The summed E-state index contributed by atoms with van der Waals surface area (Å²) in [6.07, 6.45) is 1.70. The van der Waals surface area contributed by atoms with Gasteiger partial charge >= 0.3 is 0 Å². The summed E-state index contributed by atoms with van der Waals surface area (Å²) in [5.74, 6) is 0.00931. The fourth-order valence-corrected chi connectivity index (χ4v) is 1.63. The van der Waals surface area contributed by atoms with Gasteiger partial charge in [0, 0.05) is 29.8 Å². The molecule has 0 N–H and O–H groups in total. The van der Waals surface area contributed by atoms with Crippen molar-refractivity contribution in [2.24, 2.45) is 0 Å². The molecular formula is C12H17BrN2O. The van der Waals surface area contributed by atoms with Crippen LogP contribution in [0.25, 0.3) is 0 Å². The van der Waals surface area contributed by atoms with Gasteiger partial charge < -0.3 is 4.90 Å². The number of hydrogen-bond acceptors (Lipinski definition) is 2. The van der Waals surface area contributed by atoms with Gasteiger partial charge in [0.1, 0.15) is 0 Å². The van der Waals surface area contributed by atoms with Crippen LogP contribution in [0, 0.1) is 6.92 Å². The van der Waals surface area contributed by atoms with Crippen molar-refractivity contribution >= 4 is 21.8 Å². The van der Waals surface area contributed by atoms with Gasteiger partial charge in [-0.15, -0.1) is 0 Å². The molecule has 1 heterocycles. The van der Waals surface area contributed by atoms with E-state index in [-0.39, 0.29) is 11.4 Å². The summed E-state index contributed by atoms with van der Waals surface area (Å²) in [5.41, 5.74) is 1.23. The van der Waals surface area contributed by atoms with Crippen molar-refractivity contribution in [3.8, 4) is 0 Å². The van der Waals surface area contributed by atoms with E-state index in [0.717, 1.165) is 11.0 Å². The molecule has 1 amide bonds. The largest absolute Gasteiger partial charge is 0.336 e.